The van der Waals surface area contributed by atoms with Crippen molar-refractivity contribution in [1.29, 1.82) is 0 Å². The highest BCUT2D eigenvalue weighted by atomic mass is 16.5. The second-order valence-electron chi connectivity index (χ2n) is 5.18. The Labute approximate surface area is 115 Å². The van der Waals surface area contributed by atoms with E-state index in [1.54, 1.807) is 7.11 Å². The predicted octanol–water partition coefficient (Wildman–Crippen LogP) is 1.41. The highest BCUT2D eigenvalue weighted by molar-refractivity contribution is 5.49. The van der Waals surface area contributed by atoms with E-state index in [4.69, 9.17) is 9.84 Å². The maximum Gasteiger partial charge on any atom is 0.126 e. The highest BCUT2D eigenvalue weighted by Gasteiger charge is 2.15. The minimum absolute atomic E-state index is 0.215. The van der Waals surface area contributed by atoms with E-state index in [0.29, 0.717) is 13.1 Å². The first-order valence-corrected chi connectivity index (χ1v) is 6.51. The summed E-state index contributed by atoms with van der Waals surface area (Å²) in [5, 5.41) is 18.4. The Hall–Kier alpha value is -1.10. The summed E-state index contributed by atoms with van der Waals surface area (Å²) in [6.45, 7) is 7.11. The number of hydrogen-bond acceptors (Lipinski definition) is 4. The molecule has 4 heteroatoms. The molecule has 1 rings (SSSR count). The zero-order valence-electron chi connectivity index (χ0n) is 12.5. The molecule has 19 heavy (non-hydrogen) atoms. The lowest BCUT2D eigenvalue weighted by Gasteiger charge is -2.23. The van der Waals surface area contributed by atoms with Gasteiger partial charge in [-0.1, -0.05) is 6.07 Å². The second kappa shape index (κ2) is 6.89. The van der Waals surface area contributed by atoms with Gasteiger partial charge >= 0.3 is 0 Å². The number of aliphatic hydroxyl groups excluding tert-OH is 2. The SMILES string of the molecule is COc1c(C)c(C)cc(C)c1CN(C)CC(O)CO. The Bertz CT molecular complexity index is 432. The van der Waals surface area contributed by atoms with Crippen molar-refractivity contribution in [1.82, 2.24) is 4.90 Å². The van der Waals surface area contributed by atoms with Crippen LogP contribution in [0.15, 0.2) is 6.07 Å². The first-order valence-electron chi connectivity index (χ1n) is 6.51. The minimum Gasteiger partial charge on any atom is -0.496 e. The van der Waals surface area contributed by atoms with Gasteiger partial charge in [-0.3, -0.25) is 4.90 Å². The molecule has 108 valence electrons. The van der Waals surface area contributed by atoms with E-state index >= 15 is 0 Å². The monoisotopic (exact) mass is 267 g/mol. The molecule has 0 radical (unpaired) electrons. The number of benzene rings is 1. The van der Waals surface area contributed by atoms with Crippen LogP contribution < -0.4 is 4.74 Å². The van der Waals surface area contributed by atoms with Gasteiger partial charge in [0.05, 0.1) is 19.8 Å². The fourth-order valence-electron chi connectivity index (χ4n) is 2.33. The fourth-order valence-corrected chi connectivity index (χ4v) is 2.33. The quantitative estimate of drug-likeness (QED) is 0.818. The molecule has 4 nitrogen and oxygen atoms in total. The van der Waals surface area contributed by atoms with Gasteiger partial charge in [-0.05, 0) is 44.5 Å². The number of likely N-dealkylation sites (N-methyl/N-ethyl adjacent to an activating group) is 1. The Morgan fingerprint density at radius 2 is 1.89 bits per heavy atom. The Morgan fingerprint density at radius 3 is 2.42 bits per heavy atom. The molecule has 0 bridgehead atoms. The van der Waals surface area contributed by atoms with Crippen molar-refractivity contribution in [3.63, 3.8) is 0 Å². The summed E-state index contributed by atoms with van der Waals surface area (Å²) in [6.07, 6.45) is -0.706. The summed E-state index contributed by atoms with van der Waals surface area (Å²) in [6, 6.07) is 2.16. The van der Waals surface area contributed by atoms with Crippen LogP contribution in [0.5, 0.6) is 5.75 Å². The number of nitrogens with zero attached hydrogens (tertiary/aromatic N) is 1. The molecule has 0 fully saturated rings. The molecule has 0 aromatic heterocycles. The third-order valence-corrected chi connectivity index (χ3v) is 3.48. The van der Waals surface area contributed by atoms with Gasteiger partial charge in [0, 0.05) is 18.7 Å². The van der Waals surface area contributed by atoms with Gasteiger partial charge in [0.1, 0.15) is 5.75 Å². The predicted molar refractivity (Wildman–Crippen MR) is 76.6 cm³/mol. The van der Waals surface area contributed by atoms with Crippen LogP contribution in [-0.2, 0) is 6.54 Å². The van der Waals surface area contributed by atoms with Gasteiger partial charge in [0.25, 0.3) is 0 Å². The van der Waals surface area contributed by atoms with E-state index in [0.717, 1.165) is 16.9 Å². The zero-order chi connectivity index (χ0) is 14.6. The van der Waals surface area contributed by atoms with E-state index in [2.05, 4.69) is 26.8 Å². The lowest BCUT2D eigenvalue weighted by Crippen LogP contribution is -2.31. The number of aryl methyl sites for hydroxylation is 2. The first kappa shape index (κ1) is 16.0. The number of ether oxygens (including phenoxy) is 1. The molecule has 2 N–H and O–H groups in total. The molecule has 0 spiro atoms. The van der Waals surface area contributed by atoms with Crippen molar-refractivity contribution in [2.75, 3.05) is 27.3 Å². The van der Waals surface area contributed by atoms with Gasteiger partial charge in [-0.15, -0.1) is 0 Å². The largest absolute Gasteiger partial charge is 0.496 e. The number of rotatable bonds is 6. The topological polar surface area (TPSA) is 52.9 Å². The number of aliphatic hydroxyl groups is 2. The van der Waals surface area contributed by atoms with Crippen molar-refractivity contribution in [2.45, 2.75) is 33.4 Å². The third kappa shape index (κ3) is 3.93. The van der Waals surface area contributed by atoms with Gasteiger partial charge < -0.3 is 14.9 Å². The summed E-state index contributed by atoms with van der Waals surface area (Å²) < 4.78 is 5.53. The van der Waals surface area contributed by atoms with E-state index in [-0.39, 0.29) is 6.61 Å². The summed E-state index contributed by atoms with van der Waals surface area (Å²) in [4.78, 5) is 1.99. The average Bonchev–Trinajstić information content (AvgIpc) is 2.36. The molecule has 1 aromatic carbocycles. The van der Waals surface area contributed by atoms with Crippen molar-refractivity contribution < 1.29 is 14.9 Å². The fraction of sp³-hybridized carbons (Fsp3) is 0.600. The molecule has 0 saturated heterocycles. The molecule has 0 saturated carbocycles. The smallest absolute Gasteiger partial charge is 0.126 e. The normalized spacial score (nSPS) is 12.8. The second-order valence-corrected chi connectivity index (χ2v) is 5.18. The van der Waals surface area contributed by atoms with Crippen LogP contribution in [0.25, 0.3) is 0 Å². The van der Waals surface area contributed by atoms with E-state index in [9.17, 15) is 5.11 Å². The lowest BCUT2D eigenvalue weighted by molar-refractivity contribution is 0.0645. The van der Waals surface area contributed by atoms with Crippen molar-refractivity contribution in [2.24, 2.45) is 0 Å². The van der Waals surface area contributed by atoms with Crippen molar-refractivity contribution in [3.05, 3.63) is 28.3 Å². The van der Waals surface area contributed by atoms with Crippen LogP contribution in [0.4, 0.5) is 0 Å². The molecule has 0 amide bonds. The highest BCUT2D eigenvalue weighted by Crippen LogP contribution is 2.30. The minimum atomic E-state index is -0.706. The van der Waals surface area contributed by atoms with Crippen LogP contribution in [0.1, 0.15) is 22.3 Å². The maximum atomic E-state index is 9.48. The van der Waals surface area contributed by atoms with Gasteiger partial charge in [-0.25, -0.2) is 0 Å². The Balaban J connectivity index is 2.97. The summed E-state index contributed by atoms with van der Waals surface area (Å²) in [5.74, 6) is 0.919. The molecule has 0 aliphatic carbocycles. The third-order valence-electron chi connectivity index (χ3n) is 3.48. The van der Waals surface area contributed by atoms with Crippen LogP contribution in [-0.4, -0.2) is 48.5 Å². The molecule has 1 unspecified atom stereocenters. The van der Waals surface area contributed by atoms with Gasteiger partial charge in [0.15, 0.2) is 0 Å². The Kier molecular flexibility index (Phi) is 5.79. The first-order chi connectivity index (χ1) is 8.90. The average molecular weight is 267 g/mol. The van der Waals surface area contributed by atoms with Crippen molar-refractivity contribution in [3.8, 4) is 5.75 Å². The lowest BCUT2D eigenvalue weighted by atomic mass is 9.98. The maximum absolute atomic E-state index is 9.48. The molecular formula is C15H25NO3. The van der Waals surface area contributed by atoms with E-state index < -0.39 is 6.10 Å². The Morgan fingerprint density at radius 1 is 1.26 bits per heavy atom. The number of hydrogen-bond donors (Lipinski definition) is 2. The van der Waals surface area contributed by atoms with Gasteiger partial charge in [0.2, 0.25) is 0 Å². The molecule has 1 aromatic rings. The summed E-state index contributed by atoms with van der Waals surface area (Å²) in [5.41, 5.74) is 4.69. The standard InChI is InChI=1S/C15H25NO3/c1-10-6-11(2)14(15(19-5)12(10)3)8-16(4)7-13(18)9-17/h6,13,17-18H,7-9H2,1-5H3. The molecule has 1 atom stereocenters. The van der Waals surface area contributed by atoms with Crippen LogP contribution >= 0.6 is 0 Å². The summed E-state index contributed by atoms with van der Waals surface area (Å²) >= 11 is 0. The number of methoxy groups -OCH3 is 1. The van der Waals surface area contributed by atoms with Gasteiger partial charge in [-0.2, -0.15) is 0 Å². The van der Waals surface area contributed by atoms with Crippen LogP contribution in [0.3, 0.4) is 0 Å². The van der Waals surface area contributed by atoms with E-state index in [1.165, 1.54) is 11.1 Å². The van der Waals surface area contributed by atoms with Crippen molar-refractivity contribution >= 4 is 0 Å². The zero-order valence-corrected chi connectivity index (χ0v) is 12.5. The molecule has 0 aliphatic rings. The van der Waals surface area contributed by atoms with Crippen LogP contribution in [0, 0.1) is 20.8 Å². The molecule has 0 heterocycles. The van der Waals surface area contributed by atoms with Crippen LogP contribution in [0.2, 0.25) is 0 Å². The molecular weight excluding hydrogens is 242 g/mol. The van der Waals surface area contributed by atoms with E-state index in [1.807, 2.05) is 11.9 Å². The molecule has 0 aliphatic heterocycles. The summed E-state index contributed by atoms with van der Waals surface area (Å²) in [7, 11) is 3.61.